The molecule has 0 aliphatic rings. The molecule has 0 atom stereocenters. The van der Waals surface area contributed by atoms with Gasteiger partial charge in [0.2, 0.25) is 11.9 Å². The SMILES string of the molecule is CC(C)(C)C(=O)Nc1ccc2c(C(=O)NC(N)=Nc3ccccc3)ccnc2c1. The van der Waals surface area contributed by atoms with Crippen LogP contribution in [0.1, 0.15) is 31.1 Å². The van der Waals surface area contributed by atoms with Crippen LogP contribution in [0.3, 0.4) is 0 Å². The molecular formula is C22H23N5O2. The number of pyridine rings is 1. The molecule has 2 amide bonds. The lowest BCUT2D eigenvalue weighted by atomic mass is 9.95. The predicted molar refractivity (Wildman–Crippen MR) is 115 cm³/mol. The lowest BCUT2D eigenvalue weighted by molar-refractivity contribution is -0.123. The summed E-state index contributed by atoms with van der Waals surface area (Å²) in [6, 6.07) is 15.9. The highest BCUT2D eigenvalue weighted by Gasteiger charge is 2.21. The van der Waals surface area contributed by atoms with E-state index in [2.05, 4.69) is 20.6 Å². The number of para-hydroxylation sites is 1. The third-order valence-electron chi connectivity index (χ3n) is 4.17. The van der Waals surface area contributed by atoms with Gasteiger partial charge in [-0.2, -0.15) is 0 Å². The Hall–Kier alpha value is -3.74. The van der Waals surface area contributed by atoms with Gasteiger partial charge < -0.3 is 11.1 Å². The maximum Gasteiger partial charge on any atom is 0.258 e. The number of rotatable bonds is 3. The normalized spacial score (nSPS) is 11.9. The minimum atomic E-state index is -0.514. The first-order chi connectivity index (χ1) is 13.7. The smallest absolute Gasteiger partial charge is 0.258 e. The standard InChI is InChI=1S/C22H23N5O2/c1-22(2,3)20(29)25-15-9-10-16-17(11-12-24-18(16)13-15)19(28)27-21(23)26-14-7-5-4-6-8-14/h4-13H,1-3H3,(H,25,29)(H3,23,26,27,28). The third kappa shape index (κ3) is 4.95. The molecule has 0 unspecified atom stereocenters. The number of amides is 2. The highest BCUT2D eigenvalue weighted by atomic mass is 16.2. The molecule has 0 bridgehead atoms. The van der Waals surface area contributed by atoms with Crippen molar-refractivity contribution < 1.29 is 9.59 Å². The number of guanidine groups is 1. The lowest BCUT2D eigenvalue weighted by Crippen LogP contribution is -2.36. The molecule has 4 N–H and O–H groups in total. The second kappa shape index (κ2) is 8.10. The maximum atomic E-state index is 12.7. The monoisotopic (exact) mass is 389 g/mol. The van der Waals surface area contributed by atoms with E-state index in [9.17, 15) is 9.59 Å². The van der Waals surface area contributed by atoms with Crippen molar-refractivity contribution in [2.45, 2.75) is 20.8 Å². The van der Waals surface area contributed by atoms with Crippen LogP contribution in [-0.4, -0.2) is 22.8 Å². The summed E-state index contributed by atoms with van der Waals surface area (Å²) < 4.78 is 0. The van der Waals surface area contributed by atoms with Gasteiger partial charge in [-0.05, 0) is 36.4 Å². The number of carbonyl (C=O) groups is 2. The molecule has 0 saturated carbocycles. The van der Waals surface area contributed by atoms with E-state index < -0.39 is 5.41 Å². The first kappa shape index (κ1) is 20.0. The number of fused-ring (bicyclic) bond motifs is 1. The number of benzene rings is 2. The average molecular weight is 389 g/mol. The molecule has 1 aromatic heterocycles. The predicted octanol–water partition coefficient (Wildman–Crippen LogP) is 3.60. The second-order valence-electron chi connectivity index (χ2n) is 7.58. The first-order valence-corrected chi connectivity index (χ1v) is 9.15. The molecule has 0 spiro atoms. The molecule has 3 aromatic rings. The average Bonchev–Trinajstić information content (AvgIpc) is 2.67. The van der Waals surface area contributed by atoms with E-state index in [0.29, 0.717) is 27.8 Å². The van der Waals surface area contributed by atoms with Crippen molar-refractivity contribution in [2.75, 3.05) is 5.32 Å². The van der Waals surface area contributed by atoms with Gasteiger partial charge in [0.05, 0.1) is 16.8 Å². The van der Waals surface area contributed by atoms with Crippen LogP contribution in [0.2, 0.25) is 0 Å². The van der Waals surface area contributed by atoms with Crippen LogP contribution in [0.15, 0.2) is 65.8 Å². The van der Waals surface area contributed by atoms with Gasteiger partial charge in [0.25, 0.3) is 5.91 Å². The Bertz CT molecular complexity index is 1090. The molecule has 0 aliphatic carbocycles. The van der Waals surface area contributed by atoms with Gasteiger partial charge in [-0.25, -0.2) is 4.99 Å². The highest BCUT2D eigenvalue weighted by molar-refractivity contribution is 6.12. The van der Waals surface area contributed by atoms with E-state index in [1.807, 2.05) is 39.0 Å². The largest absolute Gasteiger partial charge is 0.369 e. The first-order valence-electron chi connectivity index (χ1n) is 9.15. The van der Waals surface area contributed by atoms with Crippen LogP contribution in [0, 0.1) is 5.41 Å². The number of nitrogens with two attached hydrogens (primary N) is 1. The summed E-state index contributed by atoms with van der Waals surface area (Å²) in [7, 11) is 0. The summed E-state index contributed by atoms with van der Waals surface area (Å²) in [5.74, 6) is -0.489. The molecule has 0 saturated heterocycles. The molecule has 1 heterocycles. The molecule has 7 heteroatoms. The third-order valence-corrected chi connectivity index (χ3v) is 4.17. The Morgan fingerprint density at radius 1 is 1.03 bits per heavy atom. The van der Waals surface area contributed by atoms with Crippen molar-refractivity contribution in [1.82, 2.24) is 10.3 Å². The number of hydrogen-bond acceptors (Lipinski definition) is 4. The number of anilines is 1. The fourth-order valence-electron chi connectivity index (χ4n) is 2.60. The molecule has 7 nitrogen and oxygen atoms in total. The van der Waals surface area contributed by atoms with Gasteiger partial charge in [0, 0.05) is 22.7 Å². The summed E-state index contributed by atoms with van der Waals surface area (Å²) >= 11 is 0. The summed E-state index contributed by atoms with van der Waals surface area (Å²) in [5, 5.41) is 6.10. The Morgan fingerprint density at radius 2 is 1.76 bits per heavy atom. The van der Waals surface area contributed by atoms with Crippen LogP contribution in [0.5, 0.6) is 0 Å². The van der Waals surface area contributed by atoms with E-state index in [4.69, 9.17) is 5.73 Å². The van der Waals surface area contributed by atoms with Gasteiger partial charge >= 0.3 is 0 Å². The van der Waals surface area contributed by atoms with Crippen LogP contribution >= 0.6 is 0 Å². The van der Waals surface area contributed by atoms with E-state index in [0.717, 1.165) is 0 Å². The molecule has 148 valence electrons. The Kier molecular flexibility index (Phi) is 5.59. The van der Waals surface area contributed by atoms with Crippen molar-refractivity contribution in [2.24, 2.45) is 16.1 Å². The zero-order valence-corrected chi connectivity index (χ0v) is 16.6. The molecular weight excluding hydrogens is 366 g/mol. The molecule has 29 heavy (non-hydrogen) atoms. The van der Waals surface area contributed by atoms with Crippen LogP contribution < -0.4 is 16.4 Å². The highest BCUT2D eigenvalue weighted by Crippen LogP contribution is 2.23. The topological polar surface area (TPSA) is 109 Å². The summed E-state index contributed by atoms with van der Waals surface area (Å²) in [5.41, 5.74) is 7.61. The van der Waals surface area contributed by atoms with E-state index in [-0.39, 0.29) is 17.8 Å². The summed E-state index contributed by atoms with van der Waals surface area (Å²) in [4.78, 5) is 33.4. The van der Waals surface area contributed by atoms with E-state index in [1.54, 1.807) is 36.4 Å². The number of carbonyl (C=O) groups excluding carboxylic acids is 2. The van der Waals surface area contributed by atoms with Gasteiger partial charge in [-0.15, -0.1) is 0 Å². The minimum Gasteiger partial charge on any atom is -0.369 e. The number of aromatic nitrogens is 1. The minimum absolute atomic E-state index is 0.000206. The summed E-state index contributed by atoms with van der Waals surface area (Å²) in [6.45, 7) is 5.52. The van der Waals surface area contributed by atoms with Gasteiger partial charge in [-0.1, -0.05) is 39.0 Å². The number of aliphatic imine (C=N–C) groups is 1. The molecule has 3 rings (SSSR count). The van der Waals surface area contributed by atoms with Crippen LogP contribution in [0.25, 0.3) is 10.9 Å². The van der Waals surface area contributed by atoms with E-state index >= 15 is 0 Å². The Balaban J connectivity index is 1.83. The lowest BCUT2D eigenvalue weighted by Gasteiger charge is -2.18. The molecule has 0 aliphatic heterocycles. The summed E-state index contributed by atoms with van der Waals surface area (Å²) in [6.07, 6.45) is 1.54. The van der Waals surface area contributed by atoms with Crippen molar-refractivity contribution in [3.63, 3.8) is 0 Å². The van der Waals surface area contributed by atoms with Gasteiger partial charge in [0.1, 0.15) is 0 Å². The van der Waals surface area contributed by atoms with Crippen molar-refractivity contribution >= 4 is 40.1 Å². The Morgan fingerprint density at radius 3 is 2.45 bits per heavy atom. The quantitative estimate of drug-likeness (QED) is 0.470. The van der Waals surface area contributed by atoms with Gasteiger partial charge in [-0.3, -0.25) is 19.9 Å². The number of hydrogen-bond donors (Lipinski definition) is 3. The van der Waals surface area contributed by atoms with Crippen molar-refractivity contribution in [1.29, 1.82) is 0 Å². The second-order valence-corrected chi connectivity index (χ2v) is 7.58. The molecule has 2 aromatic carbocycles. The van der Waals surface area contributed by atoms with Crippen molar-refractivity contribution in [3.05, 3.63) is 66.4 Å². The van der Waals surface area contributed by atoms with Gasteiger partial charge in [0.15, 0.2) is 0 Å². The van der Waals surface area contributed by atoms with E-state index in [1.165, 1.54) is 6.20 Å². The molecule has 0 radical (unpaired) electrons. The number of nitrogens with zero attached hydrogens (tertiary/aromatic N) is 2. The number of nitrogens with one attached hydrogen (secondary N) is 2. The van der Waals surface area contributed by atoms with Crippen molar-refractivity contribution in [3.8, 4) is 0 Å². The fraction of sp³-hybridized carbons (Fsp3) is 0.182. The fourth-order valence-corrected chi connectivity index (χ4v) is 2.60. The maximum absolute atomic E-state index is 12.7. The zero-order valence-electron chi connectivity index (χ0n) is 16.6. The Labute approximate surface area is 169 Å². The zero-order chi connectivity index (χ0) is 21.0. The van der Waals surface area contributed by atoms with Crippen LogP contribution in [0.4, 0.5) is 11.4 Å². The molecule has 0 fully saturated rings. The van der Waals surface area contributed by atoms with Crippen LogP contribution in [-0.2, 0) is 4.79 Å².